The minimum atomic E-state index is -4.71. The molecule has 0 radical (unpaired) electrons. The molecule has 0 aliphatic heterocycles. The third kappa shape index (κ3) is 6.77. The van der Waals surface area contributed by atoms with Gasteiger partial charge in [-0.15, -0.1) is 5.10 Å². The van der Waals surface area contributed by atoms with Crippen LogP contribution in [0.25, 0.3) is 0 Å². The zero-order valence-electron chi connectivity index (χ0n) is 13.9. The van der Waals surface area contributed by atoms with Crippen LogP contribution in [0.15, 0.2) is 6.20 Å². The first kappa shape index (κ1) is 20.4. The normalized spacial score (nSPS) is 11.1. The molecule has 1 aromatic rings. The third-order valence-corrected chi connectivity index (χ3v) is 2.84. The van der Waals surface area contributed by atoms with Crippen LogP contribution in [-0.2, 0) is 20.9 Å². The number of nitrogens with zero attached hydrogens (tertiary/aromatic N) is 5. The van der Waals surface area contributed by atoms with Crippen LogP contribution in [0, 0.1) is 0 Å². The first-order valence-electron chi connectivity index (χ1n) is 7.15. The SMILES string of the molecule is CCOC(=O)CN(CC(F)(F)F)C(=O)c1cn(CC(=O)N(C)C)nn1. The number of rotatable bonds is 7. The van der Waals surface area contributed by atoms with Gasteiger partial charge >= 0.3 is 12.1 Å². The predicted molar refractivity (Wildman–Crippen MR) is 77.3 cm³/mol. The van der Waals surface area contributed by atoms with Gasteiger partial charge in [0.15, 0.2) is 5.69 Å². The molecule has 0 saturated heterocycles. The Morgan fingerprint density at radius 1 is 1.28 bits per heavy atom. The molecule has 0 N–H and O–H groups in total. The van der Waals surface area contributed by atoms with Gasteiger partial charge in [-0.3, -0.25) is 14.4 Å². The number of amides is 2. The summed E-state index contributed by atoms with van der Waals surface area (Å²) in [4.78, 5) is 36.7. The van der Waals surface area contributed by atoms with Gasteiger partial charge in [0.1, 0.15) is 19.6 Å². The fourth-order valence-corrected chi connectivity index (χ4v) is 1.69. The van der Waals surface area contributed by atoms with E-state index in [0.717, 1.165) is 10.9 Å². The molecule has 0 saturated carbocycles. The second-order valence-corrected chi connectivity index (χ2v) is 5.17. The number of hydrogen-bond acceptors (Lipinski definition) is 6. The summed E-state index contributed by atoms with van der Waals surface area (Å²) < 4.78 is 43.5. The van der Waals surface area contributed by atoms with Crippen molar-refractivity contribution >= 4 is 17.8 Å². The molecule has 0 aliphatic carbocycles. The molecule has 2 amide bonds. The van der Waals surface area contributed by atoms with Gasteiger partial charge in [0.2, 0.25) is 5.91 Å². The molecule has 25 heavy (non-hydrogen) atoms. The van der Waals surface area contributed by atoms with Crippen LogP contribution < -0.4 is 0 Å². The van der Waals surface area contributed by atoms with E-state index in [2.05, 4.69) is 15.0 Å². The fraction of sp³-hybridized carbons (Fsp3) is 0.615. The lowest BCUT2D eigenvalue weighted by molar-refractivity contribution is -0.153. The second-order valence-electron chi connectivity index (χ2n) is 5.17. The van der Waals surface area contributed by atoms with E-state index in [0.29, 0.717) is 0 Å². The molecule has 1 heterocycles. The number of halogens is 3. The van der Waals surface area contributed by atoms with Crippen LogP contribution in [0.1, 0.15) is 17.4 Å². The van der Waals surface area contributed by atoms with E-state index < -0.39 is 36.8 Å². The fourth-order valence-electron chi connectivity index (χ4n) is 1.69. The van der Waals surface area contributed by atoms with Gasteiger partial charge in [-0.25, -0.2) is 4.68 Å². The summed E-state index contributed by atoms with van der Waals surface area (Å²) in [5.41, 5.74) is -0.417. The number of ether oxygens (including phenoxy) is 1. The Morgan fingerprint density at radius 3 is 2.44 bits per heavy atom. The van der Waals surface area contributed by atoms with Crippen molar-refractivity contribution in [3.63, 3.8) is 0 Å². The second kappa shape index (κ2) is 8.44. The van der Waals surface area contributed by atoms with Crippen molar-refractivity contribution in [2.24, 2.45) is 0 Å². The van der Waals surface area contributed by atoms with Crippen LogP contribution in [-0.4, -0.2) is 82.5 Å². The van der Waals surface area contributed by atoms with Gasteiger partial charge in [-0.2, -0.15) is 13.2 Å². The highest BCUT2D eigenvalue weighted by Gasteiger charge is 2.35. The quantitative estimate of drug-likeness (QED) is 0.628. The van der Waals surface area contributed by atoms with Crippen molar-refractivity contribution in [2.45, 2.75) is 19.6 Å². The Morgan fingerprint density at radius 2 is 1.92 bits per heavy atom. The molecule has 0 spiro atoms. The van der Waals surface area contributed by atoms with Crippen LogP contribution in [0.2, 0.25) is 0 Å². The summed E-state index contributed by atoms with van der Waals surface area (Å²) in [6.07, 6.45) is -3.67. The average Bonchev–Trinajstić information content (AvgIpc) is 2.92. The predicted octanol–water partition coefficient (Wildman–Crippen LogP) is -0.0661. The van der Waals surface area contributed by atoms with Gasteiger partial charge < -0.3 is 14.5 Å². The summed E-state index contributed by atoms with van der Waals surface area (Å²) in [5.74, 6) is -2.47. The summed E-state index contributed by atoms with van der Waals surface area (Å²) in [6, 6.07) is 0. The molecule has 0 aromatic carbocycles. The van der Waals surface area contributed by atoms with Crippen molar-refractivity contribution in [1.82, 2.24) is 24.8 Å². The van der Waals surface area contributed by atoms with Gasteiger partial charge in [0, 0.05) is 14.1 Å². The number of likely N-dealkylation sites (N-methyl/N-ethyl adjacent to an activating group) is 1. The molecule has 0 unspecified atom stereocenters. The smallest absolute Gasteiger partial charge is 0.406 e. The summed E-state index contributed by atoms with van der Waals surface area (Å²) >= 11 is 0. The molecular formula is C13H18F3N5O4. The lowest BCUT2D eigenvalue weighted by atomic mass is 10.3. The van der Waals surface area contributed by atoms with E-state index in [1.165, 1.54) is 25.9 Å². The number of carbonyl (C=O) groups excluding carboxylic acids is 3. The standard InChI is InChI=1S/C13H18F3N5O4/c1-4-25-11(23)7-20(8-13(14,15)16)12(24)9-5-21(18-17-9)6-10(22)19(2)3/h5H,4,6-8H2,1-3H3. The van der Waals surface area contributed by atoms with Gasteiger partial charge in [-0.1, -0.05) is 5.21 Å². The first-order chi connectivity index (χ1) is 11.5. The van der Waals surface area contributed by atoms with Crippen molar-refractivity contribution in [3.8, 4) is 0 Å². The molecule has 9 nitrogen and oxygen atoms in total. The maximum atomic E-state index is 12.6. The Bertz CT molecular complexity index is 629. The highest BCUT2D eigenvalue weighted by molar-refractivity contribution is 5.94. The minimum absolute atomic E-state index is 0.0320. The molecule has 0 bridgehead atoms. The van der Waals surface area contributed by atoms with Crippen molar-refractivity contribution in [3.05, 3.63) is 11.9 Å². The third-order valence-electron chi connectivity index (χ3n) is 2.84. The van der Waals surface area contributed by atoms with Gasteiger partial charge in [0.25, 0.3) is 5.91 Å². The lowest BCUT2D eigenvalue weighted by Gasteiger charge is -2.21. The Kier molecular flexibility index (Phi) is 6.88. The minimum Gasteiger partial charge on any atom is -0.465 e. The molecule has 1 rings (SSSR count). The Labute approximate surface area is 141 Å². The molecule has 0 atom stereocenters. The Hall–Kier alpha value is -2.66. The van der Waals surface area contributed by atoms with Crippen LogP contribution in [0.4, 0.5) is 13.2 Å². The molecule has 140 valence electrons. The van der Waals surface area contributed by atoms with E-state index in [4.69, 9.17) is 0 Å². The van der Waals surface area contributed by atoms with Crippen LogP contribution in [0.3, 0.4) is 0 Å². The number of esters is 1. The maximum Gasteiger partial charge on any atom is 0.406 e. The zero-order chi connectivity index (χ0) is 19.2. The lowest BCUT2D eigenvalue weighted by Crippen LogP contribution is -2.42. The number of carbonyl (C=O) groups is 3. The van der Waals surface area contributed by atoms with Crippen LogP contribution >= 0.6 is 0 Å². The largest absolute Gasteiger partial charge is 0.465 e. The summed E-state index contributed by atoms with van der Waals surface area (Å²) in [5, 5.41) is 6.99. The number of hydrogen-bond donors (Lipinski definition) is 0. The maximum absolute atomic E-state index is 12.6. The zero-order valence-corrected chi connectivity index (χ0v) is 13.9. The van der Waals surface area contributed by atoms with Gasteiger partial charge in [0.05, 0.1) is 12.8 Å². The van der Waals surface area contributed by atoms with E-state index in [-0.39, 0.29) is 24.0 Å². The number of aromatic nitrogens is 3. The van der Waals surface area contributed by atoms with E-state index in [1.807, 2.05) is 0 Å². The van der Waals surface area contributed by atoms with Crippen molar-refractivity contribution in [2.75, 3.05) is 33.8 Å². The highest BCUT2D eigenvalue weighted by atomic mass is 19.4. The number of alkyl halides is 3. The first-order valence-corrected chi connectivity index (χ1v) is 7.15. The monoisotopic (exact) mass is 365 g/mol. The van der Waals surface area contributed by atoms with E-state index >= 15 is 0 Å². The van der Waals surface area contributed by atoms with Crippen molar-refractivity contribution in [1.29, 1.82) is 0 Å². The topological polar surface area (TPSA) is 97.6 Å². The molecule has 1 aromatic heterocycles. The summed E-state index contributed by atoms with van der Waals surface area (Å²) in [6.45, 7) is -1.30. The van der Waals surface area contributed by atoms with Crippen LogP contribution in [0.5, 0.6) is 0 Å². The average molecular weight is 365 g/mol. The highest BCUT2D eigenvalue weighted by Crippen LogP contribution is 2.17. The molecule has 12 heteroatoms. The molecular weight excluding hydrogens is 347 g/mol. The van der Waals surface area contributed by atoms with E-state index in [9.17, 15) is 27.6 Å². The molecule has 0 aliphatic rings. The molecule has 0 fully saturated rings. The van der Waals surface area contributed by atoms with Crippen molar-refractivity contribution < 1.29 is 32.3 Å². The Balaban J connectivity index is 2.91. The summed E-state index contributed by atoms with van der Waals surface area (Å²) in [7, 11) is 3.02. The van der Waals surface area contributed by atoms with E-state index in [1.54, 1.807) is 0 Å². The van der Waals surface area contributed by atoms with Gasteiger partial charge in [-0.05, 0) is 6.92 Å².